The number of nitrogens with one attached hydrogen (secondary N) is 3. The van der Waals surface area contributed by atoms with Crippen LogP contribution in [-0.4, -0.2) is 48.4 Å². The van der Waals surface area contributed by atoms with E-state index in [-0.39, 0.29) is 59.5 Å². The van der Waals surface area contributed by atoms with Crippen LogP contribution in [0.25, 0.3) is 0 Å². The molecule has 1 unspecified atom stereocenters. The van der Waals surface area contributed by atoms with Crippen LogP contribution in [-0.2, 0) is 43.2 Å². The standard InChI is InChI=1S/C21H33NO2.C20H31NO2.C19H29NO/c1-13(12-23)8-9-16(4)22-21(24)15(3)11-20-10-14(2)17(5)18(6)19(20)7;1-13-11-19(18(6)17(5)16(13)4)12-14(2)20(23)21-15(3)9-7-8-10-22;1-8-9-14(4)20-19(21)13(3)11-18-10-12(2)15(5)16(6)17(18)7/h10,12-13,15-16H,8-9,11H2,1-7H3,(H,22,24);10-11,14-15H,7-9,12H2,1-6H3,(H,21,23);8,10,13-14H,1,9,11H2,2-7H3,(H,20,21)/t13?,15-,16+;14-,15+;13-,14+/m000/s1. The van der Waals surface area contributed by atoms with Crippen molar-refractivity contribution in [2.24, 2.45) is 23.7 Å². The van der Waals surface area contributed by atoms with Gasteiger partial charge in [0.05, 0.1) is 0 Å². The number of carbonyl (C=O) groups is 5. The molecule has 3 aromatic carbocycles. The molecule has 378 valence electrons. The number of carbonyl (C=O) groups excluding carboxylic acids is 5. The van der Waals surface area contributed by atoms with Crippen LogP contribution < -0.4 is 16.0 Å². The summed E-state index contributed by atoms with van der Waals surface area (Å²) >= 11 is 0. The lowest BCUT2D eigenvalue weighted by atomic mass is 9.89. The van der Waals surface area contributed by atoms with E-state index in [1.54, 1.807) is 0 Å². The number of amides is 3. The first-order valence-electron chi connectivity index (χ1n) is 25.3. The third-order valence-electron chi connectivity index (χ3n) is 14.6. The van der Waals surface area contributed by atoms with Gasteiger partial charge in [0.1, 0.15) is 12.6 Å². The average Bonchev–Trinajstić information content (AvgIpc) is 3.29. The number of hydrogen-bond acceptors (Lipinski definition) is 5. The van der Waals surface area contributed by atoms with Crippen molar-refractivity contribution in [2.45, 2.75) is 207 Å². The summed E-state index contributed by atoms with van der Waals surface area (Å²) in [6.07, 6.45) is 10.8. The monoisotopic (exact) mass is 936 g/mol. The molecule has 8 heteroatoms. The van der Waals surface area contributed by atoms with E-state index in [1.165, 1.54) is 83.5 Å². The van der Waals surface area contributed by atoms with Crippen LogP contribution in [0.4, 0.5) is 0 Å². The van der Waals surface area contributed by atoms with E-state index in [4.69, 9.17) is 0 Å². The van der Waals surface area contributed by atoms with Crippen molar-refractivity contribution < 1.29 is 24.0 Å². The fourth-order valence-corrected chi connectivity index (χ4v) is 8.49. The lowest BCUT2D eigenvalue weighted by Gasteiger charge is -2.20. The van der Waals surface area contributed by atoms with Crippen LogP contribution in [0, 0.1) is 107 Å². The first-order chi connectivity index (χ1) is 31.7. The Kier molecular flexibility index (Phi) is 26.9. The number of benzene rings is 3. The molecule has 0 aromatic heterocycles. The Morgan fingerprint density at radius 3 is 1.10 bits per heavy atom. The van der Waals surface area contributed by atoms with Gasteiger partial charge >= 0.3 is 0 Å². The van der Waals surface area contributed by atoms with Gasteiger partial charge < -0.3 is 25.5 Å². The number of aldehydes is 2. The van der Waals surface area contributed by atoms with Gasteiger partial charge in [-0.2, -0.15) is 0 Å². The quantitative estimate of drug-likeness (QED) is 0.0526. The molecule has 0 aliphatic rings. The second kappa shape index (κ2) is 29.9. The summed E-state index contributed by atoms with van der Waals surface area (Å²) in [5.74, 6) is 0.246. The lowest BCUT2D eigenvalue weighted by molar-refractivity contribution is -0.126. The van der Waals surface area contributed by atoms with Gasteiger partial charge in [0.2, 0.25) is 17.7 Å². The zero-order valence-corrected chi connectivity index (χ0v) is 46.1. The molecular weight excluding hydrogens is 843 g/mol. The third kappa shape index (κ3) is 19.6. The van der Waals surface area contributed by atoms with E-state index in [2.05, 4.69) is 124 Å². The van der Waals surface area contributed by atoms with Gasteiger partial charge in [0.15, 0.2) is 0 Å². The molecule has 0 radical (unpaired) electrons. The molecule has 3 N–H and O–H groups in total. The van der Waals surface area contributed by atoms with Gasteiger partial charge in [-0.3, -0.25) is 14.4 Å². The first-order valence-corrected chi connectivity index (χ1v) is 25.3. The molecule has 3 amide bonds. The second-order valence-electron chi connectivity index (χ2n) is 20.5. The molecule has 7 atom stereocenters. The van der Waals surface area contributed by atoms with Crippen molar-refractivity contribution in [3.63, 3.8) is 0 Å². The summed E-state index contributed by atoms with van der Waals surface area (Å²) in [7, 11) is 0. The van der Waals surface area contributed by atoms with E-state index in [0.717, 1.165) is 63.9 Å². The minimum atomic E-state index is -0.0591. The molecule has 68 heavy (non-hydrogen) atoms. The summed E-state index contributed by atoms with van der Waals surface area (Å²) in [5, 5.41) is 9.20. The predicted octanol–water partition coefficient (Wildman–Crippen LogP) is 12.4. The van der Waals surface area contributed by atoms with E-state index < -0.39 is 0 Å². The van der Waals surface area contributed by atoms with Crippen molar-refractivity contribution in [1.82, 2.24) is 16.0 Å². The summed E-state index contributed by atoms with van der Waals surface area (Å²) in [4.78, 5) is 58.1. The van der Waals surface area contributed by atoms with E-state index in [0.29, 0.717) is 6.42 Å². The first kappa shape index (κ1) is 61.2. The summed E-state index contributed by atoms with van der Waals surface area (Å²) in [6.45, 7) is 43.4. The van der Waals surface area contributed by atoms with Crippen molar-refractivity contribution in [1.29, 1.82) is 0 Å². The fraction of sp³-hybridized carbons (Fsp3) is 0.583. The molecule has 0 fully saturated rings. The Balaban J connectivity index is 0.000000511. The maximum absolute atomic E-state index is 12.4. The largest absolute Gasteiger partial charge is 0.353 e. The normalized spacial score (nSPS) is 14.0. The molecule has 0 saturated carbocycles. The van der Waals surface area contributed by atoms with Gasteiger partial charge in [-0.05, 0) is 239 Å². The fourth-order valence-electron chi connectivity index (χ4n) is 8.49. The van der Waals surface area contributed by atoms with E-state index in [1.807, 2.05) is 54.5 Å². The Morgan fingerprint density at radius 1 is 0.471 bits per heavy atom. The zero-order chi connectivity index (χ0) is 52.2. The summed E-state index contributed by atoms with van der Waals surface area (Å²) in [6, 6.07) is 7.04. The molecule has 0 heterocycles. The SMILES string of the molecule is C=CC[C@@H](C)NC(=O)[C@@H](C)Cc1cc(C)c(C)c(C)c1C.Cc1cc(C[C@H](C)C(=O)N[C@H](C)CCC(C)C=O)c(C)c(C)c1C.Cc1cc(C[C@H](C)C(=O)N[C@H](C)CCCC=O)c(C)c(C)c1C. The van der Waals surface area contributed by atoms with Crippen molar-refractivity contribution in [2.75, 3.05) is 0 Å². The molecule has 3 aromatic rings. The Bertz CT molecular complexity index is 2170. The van der Waals surface area contributed by atoms with Gasteiger partial charge in [0, 0.05) is 48.2 Å². The van der Waals surface area contributed by atoms with Crippen molar-refractivity contribution in [3.05, 3.63) is 114 Å². The van der Waals surface area contributed by atoms with Gasteiger partial charge in [0.25, 0.3) is 0 Å². The maximum atomic E-state index is 12.4. The molecule has 0 bridgehead atoms. The van der Waals surface area contributed by atoms with Crippen LogP contribution in [0.5, 0.6) is 0 Å². The van der Waals surface area contributed by atoms with Crippen LogP contribution in [0.2, 0.25) is 0 Å². The topological polar surface area (TPSA) is 121 Å². The molecule has 0 spiro atoms. The van der Waals surface area contributed by atoms with Crippen LogP contribution in [0.15, 0.2) is 30.9 Å². The zero-order valence-electron chi connectivity index (χ0n) is 46.1. The highest BCUT2D eigenvalue weighted by Gasteiger charge is 2.21. The van der Waals surface area contributed by atoms with Gasteiger partial charge in [-0.15, -0.1) is 6.58 Å². The molecule has 8 nitrogen and oxygen atoms in total. The Labute approximate surface area is 414 Å². The second-order valence-corrected chi connectivity index (χ2v) is 20.5. The number of unbranched alkanes of at least 4 members (excludes halogenated alkanes) is 1. The average molecular weight is 936 g/mol. The molecule has 0 saturated heterocycles. The van der Waals surface area contributed by atoms with Crippen LogP contribution >= 0.6 is 0 Å². The third-order valence-corrected chi connectivity index (χ3v) is 14.6. The number of aryl methyl sites for hydroxylation is 3. The predicted molar refractivity (Wildman–Crippen MR) is 287 cm³/mol. The molecule has 0 aliphatic carbocycles. The highest BCUT2D eigenvalue weighted by molar-refractivity contribution is 5.80. The summed E-state index contributed by atoms with van der Waals surface area (Å²) < 4.78 is 0. The van der Waals surface area contributed by atoms with Crippen molar-refractivity contribution >= 4 is 30.3 Å². The van der Waals surface area contributed by atoms with Gasteiger partial charge in [-0.25, -0.2) is 0 Å². The number of hydrogen-bond donors (Lipinski definition) is 3. The Hall–Kier alpha value is -4.85. The maximum Gasteiger partial charge on any atom is 0.223 e. The molecule has 3 rings (SSSR count). The smallest absolute Gasteiger partial charge is 0.223 e. The molecule has 0 aliphatic heterocycles. The molecular formula is C60H93N3O5. The number of rotatable bonds is 22. The minimum absolute atomic E-state index is 0.0162. The highest BCUT2D eigenvalue weighted by Crippen LogP contribution is 2.26. The van der Waals surface area contributed by atoms with E-state index in [9.17, 15) is 24.0 Å². The lowest BCUT2D eigenvalue weighted by Crippen LogP contribution is -2.37. The van der Waals surface area contributed by atoms with Gasteiger partial charge in [-0.1, -0.05) is 52.0 Å². The minimum Gasteiger partial charge on any atom is -0.353 e. The summed E-state index contributed by atoms with van der Waals surface area (Å²) in [5.41, 5.74) is 19.6. The Morgan fingerprint density at radius 2 is 0.794 bits per heavy atom. The van der Waals surface area contributed by atoms with Crippen LogP contribution in [0.3, 0.4) is 0 Å². The van der Waals surface area contributed by atoms with Crippen molar-refractivity contribution in [3.8, 4) is 0 Å². The van der Waals surface area contributed by atoms with E-state index >= 15 is 0 Å². The van der Waals surface area contributed by atoms with Crippen LogP contribution in [0.1, 0.15) is 170 Å². The highest BCUT2D eigenvalue weighted by atomic mass is 16.2.